The summed E-state index contributed by atoms with van der Waals surface area (Å²) in [5, 5.41) is 4.73. The molecule has 0 unspecified atom stereocenters. The lowest BCUT2D eigenvalue weighted by molar-refractivity contribution is 0.0688. The fraction of sp³-hybridized carbons (Fsp3) is 0.364. The molecule has 1 amide bonds. The molecule has 0 radical (unpaired) electrons. The number of carbonyl (C=O) groups is 1. The minimum absolute atomic E-state index is 0.0353. The predicted molar refractivity (Wildman–Crippen MR) is 105 cm³/mol. The lowest BCUT2D eigenvalue weighted by atomic mass is 9.99. The monoisotopic (exact) mass is 363 g/mol. The Kier molecular flexibility index (Phi) is 4.60. The van der Waals surface area contributed by atoms with E-state index < -0.39 is 0 Å². The van der Waals surface area contributed by atoms with E-state index in [9.17, 15) is 4.79 Å². The zero-order valence-electron chi connectivity index (χ0n) is 16.1. The van der Waals surface area contributed by atoms with Gasteiger partial charge in [-0.25, -0.2) is 4.68 Å². The van der Waals surface area contributed by atoms with Crippen LogP contribution in [0.2, 0.25) is 0 Å². The minimum atomic E-state index is 0.0353. The molecule has 0 atom stereocenters. The van der Waals surface area contributed by atoms with Gasteiger partial charge >= 0.3 is 0 Å². The van der Waals surface area contributed by atoms with Crippen molar-refractivity contribution in [2.75, 3.05) is 13.1 Å². The summed E-state index contributed by atoms with van der Waals surface area (Å²) in [5.41, 5.74) is 4.41. The van der Waals surface area contributed by atoms with Crippen molar-refractivity contribution in [1.82, 2.24) is 14.7 Å². The molecule has 0 spiro atoms. The Morgan fingerprint density at radius 1 is 1.15 bits per heavy atom. The summed E-state index contributed by atoms with van der Waals surface area (Å²) in [6.45, 7) is 7.94. The molecule has 3 aromatic rings. The maximum Gasteiger partial charge on any atom is 0.272 e. The lowest BCUT2D eigenvalue weighted by Gasteiger charge is -2.30. The highest BCUT2D eigenvalue weighted by molar-refractivity contribution is 5.94. The van der Waals surface area contributed by atoms with Crippen LogP contribution in [0.5, 0.6) is 0 Å². The van der Waals surface area contributed by atoms with E-state index in [-0.39, 0.29) is 5.91 Å². The number of aromatic nitrogens is 2. The summed E-state index contributed by atoms with van der Waals surface area (Å²) in [7, 11) is 0. The molecule has 2 aromatic heterocycles. The topological polar surface area (TPSA) is 51.3 Å². The van der Waals surface area contributed by atoms with Crippen LogP contribution in [-0.4, -0.2) is 33.7 Å². The van der Waals surface area contributed by atoms with Gasteiger partial charge in [0.2, 0.25) is 0 Å². The maximum absolute atomic E-state index is 13.3. The standard InChI is InChI=1S/C22H25N3O2/c1-15-8-10-24(11-9-15)22(26)20-14-18(21-5-4-12-27-21)23-25(20)19-13-16(2)6-7-17(19)3/h4-7,12-15H,8-11H2,1-3H3. The van der Waals surface area contributed by atoms with Crippen LogP contribution in [0.3, 0.4) is 0 Å². The van der Waals surface area contributed by atoms with Crippen LogP contribution in [0, 0.1) is 19.8 Å². The Morgan fingerprint density at radius 2 is 1.93 bits per heavy atom. The smallest absolute Gasteiger partial charge is 0.272 e. The highest BCUT2D eigenvalue weighted by Gasteiger charge is 2.26. The molecule has 0 N–H and O–H groups in total. The highest BCUT2D eigenvalue weighted by Crippen LogP contribution is 2.26. The molecule has 140 valence electrons. The molecule has 0 bridgehead atoms. The van der Waals surface area contributed by atoms with Crippen molar-refractivity contribution in [2.45, 2.75) is 33.6 Å². The second-order valence-electron chi connectivity index (χ2n) is 7.57. The van der Waals surface area contributed by atoms with Crippen molar-refractivity contribution < 1.29 is 9.21 Å². The molecular weight excluding hydrogens is 338 g/mol. The number of rotatable bonds is 3. The van der Waals surface area contributed by atoms with Crippen LogP contribution in [0.25, 0.3) is 17.1 Å². The van der Waals surface area contributed by atoms with Crippen LogP contribution < -0.4 is 0 Å². The van der Waals surface area contributed by atoms with Gasteiger partial charge in [-0.3, -0.25) is 4.79 Å². The zero-order valence-corrected chi connectivity index (χ0v) is 16.1. The lowest BCUT2D eigenvalue weighted by Crippen LogP contribution is -2.38. The van der Waals surface area contributed by atoms with Crippen LogP contribution in [0.15, 0.2) is 47.1 Å². The fourth-order valence-corrected chi connectivity index (χ4v) is 3.58. The fourth-order valence-electron chi connectivity index (χ4n) is 3.58. The van der Waals surface area contributed by atoms with Crippen LogP contribution in [0.4, 0.5) is 0 Å². The normalized spacial score (nSPS) is 15.3. The largest absolute Gasteiger partial charge is 0.463 e. The number of furan rings is 1. The number of nitrogens with zero attached hydrogens (tertiary/aromatic N) is 3. The van der Waals surface area contributed by atoms with Crippen LogP contribution in [-0.2, 0) is 0 Å². The van der Waals surface area contributed by atoms with E-state index in [0.29, 0.717) is 23.1 Å². The number of carbonyl (C=O) groups excluding carboxylic acids is 1. The van der Waals surface area contributed by atoms with E-state index in [0.717, 1.165) is 42.7 Å². The summed E-state index contributed by atoms with van der Waals surface area (Å²) >= 11 is 0. The molecular formula is C22H25N3O2. The highest BCUT2D eigenvalue weighted by atomic mass is 16.3. The Balaban J connectivity index is 1.79. The van der Waals surface area contributed by atoms with Gasteiger partial charge < -0.3 is 9.32 Å². The third-order valence-corrected chi connectivity index (χ3v) is 5.37. The van der Waals surface area contributed by atoms with Crippen LogP contribution >= 0.6 is 0 Å². The van der Waals surface area contributed by atoms with Gasteiger partial charge in [-0.1, -0.05) is 19.1 Å². The van der Waals surface area contributed by atoms with Crippen molar-refractivity contribution >= 4 is 5.91 Å². The molecule has 4 rings (SSSR count). The number of piperidine rings is 1. The first-order valence-corrected chi connectivity index (χ1v) is 9.54. The molecule has 1 aromatic carbocycles. The first-order chi connectivity index (χ1) is 13.0. The first kappa shape index (κ1) is 17.6. The number of aryl methyl sites for hydroxylation is 2. The maximum atomic E-state index is 13.3. The molecule has 1 saturated heterocycles. The van der Waals surface area contributed by atoms with E-state index in [4.69, 9.17) is 9.52 Å². The van der Waals surface area contributed by atoms with Gasteiger partial charge in [0.05, 0.1) is 12.0 Å². The van der Waals surface area contributed by atoms with E-state index in [2.05, 4.69) is 25.1 Å². The molecule has 1 aliphatic heterocycles. The van der Waals surface area contributed by atoms with Gasteiger partial charge in [0.1, 0.15) is 11.4 Å². The van der Waals surface area contributed by atoms with Gasteiger partial charge in [0.15, 0.2) is 5.76 Å². The SMILES string of the molecule is Cc1ccc(C)c(-n2nc(-c3ccco3)cc2C(=O)N2CCC(C)CC2)c1. The number of benzene rings is 1. The summed E-state index contributed by atoms with van der Waals surface area (Å²) < 4.78 is 7.29. The zero-order chi connectivity index (χ0) is 19.0. The third kappa shape index (κ3) is 3.42. The van der Waals surface area contributed by atoms with Crippen LogP contribution in [0.1, 0.15) is 41.4 Å². The van der Waals surface area contributed by atoms with Gasteiger partial charge in [-0.2, -0.15) is 5.10 Å². The van der Waals surface area contributed by atoms with Crippen molar-refractivity contribution in [1.29, 1.82) is 0 Å². The summed E-state index contributed by atoms with van der Waals surface area (Å²) in [6.07, 6.45) is 3.72. The van der Waals surface area contributed by atoms with Gasteiger partial charge in [-0.15, -0.1) is 0 Å². The molecule has 0 saturated carbocycles. The second-order valence-corrected chi connectivity index (χ2v) is 7.57. The molecule has 1 aliphatic rings. The average molecular weight is 363 g/mol. The molecule has 0 aliphatic carbocycles. The van der Waals surface area contributed by atoms with Gasteiger partial charge in [-0.05, 0) is 61.9 Å². The summed E-state index contributed by atoms with van der Waals surface area (Å²) in [5.74, 6) is 1.38. The molecule has 5 heteroatoms. The second kappa shape index (κ2) is 7.06. The molecule has 27 heavy (non-hydrogen) atoms. The van der Waals surface area contributed by atoms with Crippen molar-refractivity contribution in [3.05, 3.63) is 59.5 Å². The molecule has 1 fully saturated rings. The summed E-state index contributed by atoms with van der Waals surface area (Å²) in [6, 6.07) is 11.8. The number of hydrogen-bond donors (Lipinski definition) is 0. The van der Waals surface area contributed by atoms with E-state index in [1.54, 1.807) is 10.9 Å². The van der Waals surface area contributed by atoms with E-state index in [1.165, 1.54) is 0 Å². The van der Waals surface area contributed by atoms with Crippen molar-refractivity contribution in [3.8, 4) is 17.1 Å². The number of likely N-dealkylation sites (tertiary alicyclic amines) is 1. The Labute approximate surface area is 159 Å². The van der Waals surface area contributed by atoms with E-state index >= 15 is 0 Å². The quantitative estimate of drug-likeness (QED) is 0.682. The van der Waals surface area contributed by atoms with E-state index in [1.807, 2.05) is 36.9 Å². The Morgan fingerprint density at radius 3 is 2.63 bits per heavy atom. The molecule has 3 heterocycles. The first-order valence-electron chi connectivity index (χ1n) is 9.54. The Hall–Kier alpha value is -2.82. The number of hydrogen-bond acceptors (Lipinski definition) is 3. The summed E-state index contributed by atoms with van der Waals surface area (Å²) in [4.78, 5) is 15.3. The van der Waals surface area contributed by atoms with Gasteiger partial charge in [0, 0.05) is 19.2 Å². The minimum Gasteiger partial charge on any atom is -0.463 e. The number of amides is 1. The Bertz CT molecular complexity index is 948. The predicted octanol–water partition coefficient (Wildman–Crippen LogP) is 4.62. The molecule has 5 nitrogen and oxygen atoms in total. The third-order valence-electron chi connectivity index (χ3n) is 5.37. The average Bonchev–Trinajstić information content (AvgIpc) is 3.33. The van der Waals surface area contributed by atoms with Crippen molar-refractivity contribution in [2.24, 2.45) is 5.92 Å². The van der Waals surface area contributed by atoms with Crippen molar-refractivity contribution in [3.63, 3.8) is 0 Å². The van der Waals surface area contributed by atoms with Gasteiger partial charge in [0.25, 0.3) is 5.91 Å².